The first kappa shape index (κ1) is 17.7. The third-order valence-corrected chi connectivity index (χ3v) is 5.11. The van der Waals surface area contributed by atoms with Crippen molar-refractivity contribution in [2.75, 3.05) is 13.2 Å². The Morgan fingerprint density at radius 2 is 1.79 bits per heavy atom. The van der Waals surface area contributed by atoms with E-state index in [0.717, 1.165) is 15.2 Å². The summed E-state index contributed by atoms with van der Waals surface area (Å²) >= 11 is 2.19. The zero-order valence-corrected chi connectivity index (χ0v) is 15.3. The van der Waals surface area contributed by atoms with Crippen molar-refractivity contribution >= 4 is 22.6 Å². The Morgan fingerprint density at radius 1 is 1.12 bits per heavy atom. The highest BCUT2D eigenvalue weighted by Gasteiger charge is 2.52. The summed E-state index contributed by atoms with van der Waals surface area (Å²) in [5.41, 5.74) is -0.433. The lowest BCUT2D eigenvalue weighted by molar-refractivity contribution is -0.266. The van der Waals surface area contributed by atoms with Crippen LogP contribution in [0.15, 0.2) is 48.5 Å². The Morgan fingerprint density at radius 3 is 2.33 bits per heavy atom. The van der Waals surface area contributed by atoms with E-state index in [2.05, 4.69) is 22.6 Å². The van der Waals surface area contributed by atoms with Gasteiger partial charge in [-0.3, -0.25) is 4.84 Å². The van der Waals surface area contributed by atoms with Gasteiger partial charge in [-0.25, -0.2) is 0 Å². The van der Waals surface area contributed by atoms with Gasteiger partial charge in [0, 0.05) is 10.1 Å². The Labute approximate surface area is 152 Å². The number of rotatable bonds is 4. The minimum absolute atomic E-state index is 0.249. The van der Waals surface area contributed by atoms with Gasteiger partial charge in [-0.15, -0.1) is 0 Å². The molecular weight excluding hydrogens is 430 g/mol. The van der Waals surface area contributed by atoms with Gasteiger partial charge in [-0.1, -0.05) is 30.3 Å². The van der Waals surface area contributed by atoms with Crippen molar-refractivity contribution in [3.63, 3.8) is 0 Å². The first-order valence-corrected chi connectivity index (χ1v) is 8.81. The molecule has 1 saturated heterocycles. The fourth-order valence-electron chi connectivity index (χ4n) is 3.29. The molecule has 0 amide bonds. The molecule has 2 aromatic rings. The maximum absolute atomic E-state index is 13.6. The predicted molar refractivity (Wildman–Crippen MR) is 94.3 cm³/mol. The Hall–Kier alpha value is -1.12. The van der Waals surface area contributed by atoms with E-state index in [9.17, 15) is 13.2 Å². The van der Waals surface area contributed by atoms with E-state index in [1.165, 1.54) is 6.07 Å². The highest BCUT2D eigenvalue weighted by molar-refractivity contribution is 14.1. The standard InChI is InChI=1S/C18H17F3INO/c1-2-24-23-12-11-17(23,13-7-9-14(22)10-8-13)15-5-3-4-6-16(15)18(19,20)21/h3-10H,2,11-12H2,1H3. The zero-order chi connectivity index (χ0) is 17.4. The summed E-state index contributed by atoms with van der Waals surface area (Å²) in [6.07, 6.45) is -3.82. The van der Waals surface area contributed by atoms with E-state index >= 15 is 0 Å². The number of hydrogen-bond donors (Lipinski definition) is 0. The molecule has 0 aromatic heterocycles. The number of nitrogens with zero attached hydrogens (tertiary/aromatic N) is 1. The minimum Gasteiger partial charge on any atom is -0.298 e. The quantitative estimate of drug-likeness (QED) is 0.597. The van der Waals surface area contributed by atoms with Crippen molar-refractivity contribution in [1.29, 1.82) is 0 Å². The van der Waals surface area contributed by atoms with Gasteiger partial charge >= 0.3 is 6.18 Å². The monoisotopic (exact) mass is 447 g/mol. The molecule has 6 heteroatoms. The summed E-state index contributed by atoms with van der Waals surface area (Å²) < 4.78 is 41.8. The van der Waals surface area contributed by atoms with Crippen LogP contribution >= 0.6 is 22.6 Å². The molecule has 128 valence electrons. The lowest BCUT2D eigenvalue weighted by atomic mass is 9.73. The summed E-state index contributed by atoms with van der Waals surface area (Å²) in [6, 6.07) is 13.4. The van der Waals surface area contributed by atoms with Crippen LogP contribution in [-0.2, 0) is 16.6 Å². The van der Waals surface area contributed by atoms with Crippen LogP contribution in [0.2, 0.25) is 0 Å². The van der Waals surface area contributed by atoms with Gasteiger partial charge in [0.05, 0.1) is 17.7 Å². The number of hydroxylamine groups is 2. The lowest BCUT2D eigenvalue weighted by Crippen LogP contribution is -2.58. The topological polar surface area (TPSA) is 12.5 Å². The van der Waals surface area contributed by atoms with Crippen LogP contribution < -0.4 is 0 Å². The second-order valence-corrected chi connectivity index (χ2v) is 6.93. The van der Waals surface area contributed by atoms with Gasteiger partial charge in [-0.2, -0.15) is 18.2 Å². The Balaban J connectivity index is 2.19. The van der Waals surface area contributed by atoms with Crippen molar-refractivity contribution in [3.8, 4) is 0 Å². The maximum Gasteiger partial charge on any atom is 0.416 e. The Bertz CT molecular complexity index is 717. The van der Waals surface area contributed by atoms with Gasteiger partial charge in [0.2, 0.25) is 0 Å². The molecule has 24 heavy (non-hydrogen) atoms. The van der Waals surface area contributed by atoms with Crippen LogP contribution in [0.5, 0.6) is 0 Å². The lowest BCUT2D eigenvalue weighted by Gasteiger charge is -2.52. The highest BCUT2D eigenvalue weighted by Crippen LogP contribution is 2.50. The van der Waals surface area contributed by atoms with Crippen molar-refractivity contribution in [2.45, 2.75) is 25.1 Å². The summed E-state index contributed by atoms with van der Waals surface area (Å²) in [5.74, 6) is 0. The molecule has 1 aliphatic rings. The van der Waals surface area contributed by atoms with Crippen LogP contribution in [-0.4, -0.2) is 18.2 Å². The Kier molecular flexibility index (Phi) is 4.90. The molecule has 0 bridgehead atoms. The summed E-state index contributed by atoms with van der Waals surface area (Å²) in [7, 11) is 0. The summed E-state index contributed by atoms with van der Waals surface area (Å²) in [5, 5.41) is 1.68. The molecule has 2 nitrogen and oxygen atoms in total. The summed E-state index contributed by atoms with van der Waals surface area (Å²) in [6.45, 7) is 2.86. The predicted octanol–water partition coefficient (Wildman–Crippen LogP) is 5.21. The third kappa shape index (κ3) is 2.95. The smallest absolute Gasteiger partial charge is 0.298 e. The molecule has 0 spiro atoms. The number of alkyl halides is 3. The van der Waals surface area contributed by atoms with Crippen LogP contribution in [0.1, 0.15) is 30.0 Å². The van der Waals surface area contributed by atoms with Gasteiger partial charge in [0.25, 0.3) is 0 Å². The van der Waals surface area contributed by atoms with Crippen molar-refractivity contribution in [3.05, 3.63) is 68.8 Å². The average Bonchev–Trinajstić information content (AvgIpc) is 2.53. The van der Waals surface area contributed by atoms with Crippen molar-refractivity contribution < 1.29 is 18.0 Å². The van der Waals surface area contributed by atoms with E-state index in [-0.39, 0.29) is 5.56 Å². The fourth-order valence-corrected chi connectivity index (χ4v) is 3.65. The van der Waals surface area contributed by atoms with E-state index < -0.39 is 17.3 Å². The van der Waals surface area contributed by atoms with Crippen LogP contribution in [0.4, 0.5) is 13.2 Å². The number of hydrogen-bond acceptors (Lipinski definition) is 2. The van der Waals surface area contributed by atoms with Crippen LogP contribution in [0.3, 0.4) is 0 Å². The first-order chi connectivity index (χ1) is 11.4. The highest BCUT2D eigenvalue weighted by atomic mass is 127. The zero-order valence-electron chi connectivity index (χ0n) is 13.1. The maximum atomic E-state index is 13.6. The molecule has 0 N–H and O–H groups in total. The van der Waals surface area contributed by atoms with Crippen molar-refractivity contribution in [1.82, 2.24) is 5.06 Å². The van der Waals surface area contributed by atoms with Gasteiger partial charge in [-0.05, 0) is 65.3 Å². The molecule has 2 aromatic carbocycles. The fraction of sp³-hybridized carbons (Fsp3) is 0.333. The van der Waals surface area contributed by atoms with Crippen LogP contribution in [0, 0.1) is 3.57 Å². The van der Waals surface area contributed by atoms with Gasteiger partial charge < -0.3 is 0 Å². The molecule has 0 radical (unpaired) electrons. The molecule has 1 fully saturated rings. The van der Waals surface area contributed by atoms with Crippen molar-refractivity contribution in [2.24, 2.45) is 0 Å². The second-order valence-electron chi connectivity index (χ2n) is 5.68. The molecular formula is C18H17F3INO. The second kappa shape index (κ2) is 6.65. The first-order valence-electron chi connectivity index (χ1n) is 7.73. The van der Waals surface area contributed by atoms with E-state index in [4.69, 9.17) is 4.84 Å². The third-order valence-electron chi connectivity index (χ3n) is 4.39. The molecule has 3 rings (SSSR count). The van der Waals surface area contributed by atoms with E-state index in [0.29, 0.717) is 19.6 Å². The van der Waals surface area contributed by atoms with Gasteiger partial charge in [0.1, 0.15) is 0 Å². The molecule has 0 aliphatic carbocycles. The van der Waals surface area contributed by atoms with Gasteiger partial charge in [0.15, 0.2) is 0 Å². The number of benzene rings is 2. The SMILES string of the molecule is CCON1CCC1(c1ccc(I)cc1)c1ccccc1C(F)(F)F. The van der Waals surface area contributed by atoms with Crippen LogP contribution in [0.25, 0.3) is 0 Å². The normalized spacial score (nSPS) is 21.5. The molecule has 0 saturated carbocycles. The average molecular weight is 447 g/mol. The molecule has 1 aliphatic heterocycles. The number of halogens is 4. The summed E-state index contributed by atoms with van der Waals surface area (Å²) in [4.78, 5) is 5.66. The molecule has 1 unspecified atom stereocenters. The molecule has 1 atom stereocenters. The van der Waals surface area contributed by atoms with E-state index in [1.807, 2.05) is 31.2 Å². The molecule has 1 heterocycles. The minimum atomic E-state index is -4.40. The largest absolute Gasteiger partial charge is 0.416 e. The van der Waals surface area contributed by atoms with E-state index in [1.54, 1.807) is 17.2 Å².